The third-order valence-electron chi connectivity index (χ3n) is 2.85. The fourth-order valence-electron chi connectivity index (χ4n) is 1.79. The minimum absolute atomic E-state index is 0.0535. The number of amides is 1. The van der Waals surface area contributed by atoms with Crippen molar-refractivity contribution in [1.29, 1.82) is 0 Å². The summed E-state index contributed by atoms with van der Waals surface area (Å²) in [6.07, 6.45) is 0.362. The number of rotatable bonds is 3. The van der Waals surface area contributed by atoms with Crippen LogP contribution in [0.4, 0.5) is 11.4 Å². The summed E-state index contributed by atoms with van der Waals surface area (Å²) in [5.74, 6) is -0.0535. The van der Waals surface area contributed by atoms with Gasteiger partial charge in [0.05, 0.1) is 17.8 Å². The van der Waals surface area contributed by atoms with Crippen molar-refractivity contribution in [1.82, 2.24) is 0 Å². The molecule has 18 heavy (non-hydrogen) atoms. The number of aryl methyl sites for hydroxylation is 1. The van der Waals surface area contributed by atoms with Gasteiger partial charge in [-0.1, -0.05) is 36.4 Å². The van der Waals surface area contributed by atoms with Crippen LogP contribution < -0.4 is 11.1 Å². The number of nitrogen functional groups attached to an aromatic ring is 1. The standard InChI is InChI=1S/C15H16N2O/c1-11-6-2-3-7-12(11)10-15(18)17-14-9-5-4-8-13(14)16/h2-9H,10,16H2,1H3,(H,17,18). The summed E-state index contributed by atoms with van der Waals surface area (Å²) in [6, 6.07) is 15.1. The molecule has 3 N–H and O–H groups in total. The van der Waals surface area contributed by atoms with Crippen LogP contribution in [0.1, 0.15) is 11.1 Å². The molecule has 0 aliphatic carbocycles. The predicted molar refractivity (Wildman–Crippen MR) is 74.4 cm³/mol. The molecule has 0 heterocycles. The van der Waals surface area contributed by atoms with Crippen molar-refractivity contribution in [2.24, 2.45) is 0 Å². The number of nitrogens with one attached hydrogen (secondary N) is 1. The van der Waals surface area contributed by atoms with Gasteiger partial charge in [-0.3, -0.25) is 4.79 Å². The molecule has 0 unspecified atom stereocenters. The third-order valence-corrected chi connectivity index (χ3v) is 2.85. The molecule has 2 aromatic rings. The van der Waals surface area contributed by atoms with Crippen LogP contribution in [0.15, 0.2) is 48.5 Å². The Bertz CT molecular complexity index is 514. The maximum Gasteiger partial charge on any atom is 0.228 e. The van der Waals surface area contributed by atoms with Crippen LogP contribution in [-0.2, 0) is 11.2 Å². The van der Waals surface area contributed by atoms with Crippen molar-refractivity contribution < 1.29 is 4.79 Å². The second-order valence-electron chi connectivity index (χ2n) is 4.24. The van der Waals surface area contributed by atoms with Crippen molar-refractivity contribution in [3.05, 3.63) is 59.7 Å². The Morgan fingerprint density at radius 2 is 1.78 bits per heavy atom. The van der Waals surface area contributed by atoms with Crippen LogP contribution in [0.5, 0.6) is 0 Å². The lowest BCUT2D eigenvalue weighted by atomic mass is 10.1. The highest BCUT2D eigenvalue weighted by Crippen LogP contribution is 2.17. The van der Waals surface area contributed by atoms with E-state index in [1.165, 1.54) is 0 Å². The van der Waals surface area contributed by atoms with Gasteiger partial charge in [0.25, 0.3) is 0 Å². The normalized spacial score (nSPS) is 10.1. The van der Waals surface area contributed by atoms with Gasteiger partial charge in [-0.2, -0.15) is 0 Å². The van der Waals surface area contributed by atoms with E-state index in [4.69, 9.17) is 5.73 Å². The molecule has 0 saturated carbocycles. The topological polar surface area (TPSA) is 55.1 Å². The molecule has 0 aliphatic rings. The summed E-state index contributed by atoms with van der Waals surface area (Å²) in [6.45, 7) is 2.00. The molecular weight excluding hydrogens is 224 g/mol. The number of para-hydroxylation sites is 2. The third kappa shape index (κ3) is 2.88. The van der Waals surface area contributed by atoms with Crippen LogP contribution in [0.3, 0.4) is 0 Å². The molecule has 2 aromatic carbocycles. The minimum Gasteiger partial charge on any atom is -0.397 e. The Morgan fingerprint density at radius 3 is 2.50 bits per heavy atom. The number of hydrogen-bond donors (Lipinski definition) is 2. The van der Waals surface area contributed by atoms with Gasteiger partial charge < -0.3 is 11.1 Å². The first-order chi connectivity index (χ1) is 8.66. The van der Waals surface area contributed by atoms with Crippen molar-refractivity contribution in [3.8, 4) is 0 Å². The highest BCUT2D eigenvalue weighted by molar-refractivity contribution is 5.95. The fraction of sp³-hybridized carbons (Fsp3) is 0.133. The molecule has 1 amide bonds. The maximum atomic E-state index is 11.9. The predicted octanol–water partition coefficient (Wildman–Crippen LogP) is 2.76. The molecule has 0 saturated heterocycles. The van der Waals surface area contributed by atoms with E-state index in [2.05, 4.69) is 5.32 Å². The SMILES string of the molecule is Cc1ccccc1CC(=O)Nc1ccccc1N. The van der Waals surface area contributed by atoms with Gasteiger partial charge >= 0.3 is 0 Å². The van der Waals surface area contributed by atoms with E-state index in [0.717, 1.165) is 11.1 Å². The summed E-state index contributed by atoms with van der Waals surface area (Å²) in [5, 5.41) is 2.82. The maximum absolute atomic E-state index is 11.9. The lowest BCUT2D eigenvalue weighted by molar-refractivity contribution is -0.115. The van der Waals surface area contributed by atoms with Crippen LogP contribution in [-0.4, -0.2) is 5.91 Å². The zero-order valence-electron chi connectivity index (χ0n) is 10.3. The van der Waals surface area contributed by atoms with Crippen LogP contribution >= 0.6 is 0 Å². The number of anilines is 2. The first kappa shape index (κ1) is 12.2. The lowest BCUT2D eigenvalue weighted by Crippen LogP contribution is -2.15. The van der Waals surface area contributed by atoms with Gasteiger partial charge in [0.2, 0.25) is 5.91 Å². The van der Waals surface area contributed by atoms with E-state index in [1.54, 1.807) is 12.1 Å². The average molecular weight is 240 g/mol. The Labute approximate surface area is 107 Å². The number of nitrogens with two attached hydrogens (primary N) is 1. The van der Waals surface area contributed by atoms with Gasteiger partial charge in [-0.15, -0.1) is 0 Å². The van der Waals surface area contributed by atoms with Crippen LogP contribution in [0.2, 0.25) is 0 Å². The average Bonchev–Trinajstić information content (AvgIpc) is 2.35. The van der Waals surface area contributed by atoms with Crippen molar-refractivity contribution in [2.75, 3.05) is 11.1 Å². The summed E-state index contributed by atoms with van der Waals surface area (Å²) < 4.78 is 0. The van der Waals surface area contributed by atoms with E-state index < -0.39 is 0 Å². The lowest BCUT2D eigenvalue weighted by Gasteiger charge is -2.09. The Kier molecular flexibility index (Phi) is 3.63. The molecular formula is C15H16N2O. The molecule has 0 fully saturated rings. The van der Waals surface area contributed by atoms with E-state index in [0.29, 0.717) is 17.8 Å². The Hall–Kier alpha value is -2.29. The largest absolute Gasteiger partial charge is 0.397 e. The van der Waals surface area contributed by atoms with Crippen LogP contribution in [0, 0.1) is 6.92 Å². The van der Waals surface area contributed by atoms with Crippen molar-refractivity contribution >= 4 is 17.3 Å². The molecule has 0 spiro atoms. The summed E-state index contributed by atoms with van der Waals surface area (Å²) in [4.78, 5) is 11.9. The Morgan fingerprint density at radius 1 is 1.11 bits per heavy atom. The number of carbonyl (C=O) groups is 1. The molecule has 0 aliphatic heterocycles. The number of benzene rings is 2. The summed E-state index contributed by atoms with van der Waals surface area (Å²) >= 11 is 0. The van der Waals surface area contributed by atoms with Gasteiger partial charge in [0, 0.05) is 0 Å². The van der Waals surface area contributed by atoms with E-state index >= 15 is 0 Å². The van der Waals surface area contributed by atoms with E-state index in [-0.39, 0.29) is 5.91 Å². The molecule has 0 bridgehead atoms. The fourth-order valence-corrected chi connectivity index (χ4v) is 1.79. The second kappa shape index (κ2) is 5.36. The number of hydrogen-bond acceptors (Lipinski definition) is 2. The monoisotopic (exact) mass is 240 g/mol. The first-order valence-electron chi connectivity index (χ1n) is 5.85. The molecule has 2 rings (SSSR count). The first-order valence-corrected chi connectivity index (χ1v) is 5.85. The van der Waals surface area contributed by atoms with Crippen molar-refractivity contribution in [2.45, 2.75) is 13.3 Å². The van der Waals surface area contributed by atoms with Gasteiger partial charge in [-0.05, 0) is 30.2 Å². The quantitative estimate of drug-likeness (QED) is 0.810. The molecule has 3 heteroatoms. The second-order valence-corrected chi connectivity index (χ2v) is 4.24. The van der Waals surface area contributed by atoms with Gasteiger partial charge in [0.15, 0.2) is 0 Å². The van der Waals surface area contributed by atoms with Gasteiger partial charge in [-0.25, -0.2) is 0 Å². The molecule has 0 aromatic heterocycles. The highest BCUT2D eigenvalue weighted by atomic mass is 16.1. The molecule has 0 radical (unpaired) electrons. The zero-order chi connectivity index (χ0) is 13.0. The molecule has 92 valence electrons. The van der Waals surface area contributed by atoms with E-state index in [1.807, 2.05) is 43.3 Å². The summed E-state index contributed by atoms with van der Waals surface area (Å²) in [7, 11) is 0. The van der Waals surface area contributed by atoms with Crippen LogP contribution in [0.25, 0.3) is 0 Å². The zero-order valence-corrected chi connectivity index (χ0v) is 10.3. The minimum atomic E-state index is -0.0535. The smallest absolute Gasteiger partial charge is 0.228 e. The van der Waals surface area contributed by atoms with Crippen molar-refractivity contribution in [3.63, 3.8) is 0 Å². The van der Waals surface area contributed by atoms with Gasteiger partial charge in [0.1, 0.15) is 0 Å². The summed E-state index contributed by atoms with van der Waals surface area (Å²) in [5.41, 5.74) is 9.17. The number of carbonyl (C=O) groups excluding carboxylic acids is 1. The molecule has 0 atom stereocenters. The Balaban J connectivity index is 2.06. The highest BCUT2D eigenvalue weighted by Gasteiger charge is 2.07. The molecule has 3 nitrogen and oxygen atoms in total. The van der Waals surface area contributed by atoms with E-state index in [9.17, 15) is 4.79 Å².